The molecule has 0 bridgehead atoms. The molecule has 1 aliphatic heterocycles. The fraction of sp³-hybridized carbons (Fsp3) is 0.588. The summed E-state index contributed by atoms with van der Waals surface area (Å²) in [6.45, 7) is 8.25. The summed E-state index contributed by atoms with van der Waals surface area (Å²) in [6, 6.07) is 7.52. The van der Waals surface area contributed by atoms with Gasteiger partial charge in [0.1, 0.15) is 5.75 Å². The number of likely N-dealkylation sites (tertiary alicyclic amines) is 1. The van der Waals surface area contributed by atoms with E-state index in [0.717, 1.165) is 31.5 Å². The molecule has 4 nitrogen and oxygen atoms in total. The van der Waals surface area contributed by atoms with Crippen molar-refractivity contribution in [1.82, 2.24) is 4.90 Å². The van der Waals surface area contributed by atoms with Gasteiger partial charge < -0.3 is 14.4 Å². The van der Waals surface area contributed by atoms with Crippen molar-refractivity contribution >= 4 is 6.09 Å². The molecule has 2 rings (SSSR count). The first-order chi connectivity index (χ1) is 9.94. The van der Waals surface area contributed by atoms with Crippen molar-refractivity contribution in [2.75, 3.05) is 13.1 Å². The molecule has 4 heteroatoms. The average Bonchev–Trinajstić information content (AvgIpc) is 2.46. The number of ether oxygens (including phenoxy) is 2. The Morgan fingerprint density at radius 3 is 2.29 bits per heavy atom. The van der Waals surface area contributed by atoms with Crippen LogP contribution in [0.4, 0.5) is 4.79 Å². The molecule has 1 fully saturated rings. The number of carbonyl (C=O) groups excluding carboxylic acids is 1. The third-order valence-corrected chi connectivity index (χ3v) is 3.41. The molecule has 0 N–H and O–H groups in total. The minimum absolute atomic E-state index is 0.153. The molecule has 1 heterocycles. The van der Waals surface area contributed by atoms with Crippen LogP contribution < -0.4 is 4.74 Å². The molecule has 0 radical (unpaired) electrons. The third kappa shape index (κ3) is 5.38. The highest BCUT2D eigenvalue weighted by Crippen LogP contribution is 2.17. The van der Waals surface area contributed by atoms with Crippen LogP contribution in [0.2, 0.25) is 0 Å². The molecular weight excluding hydrogens is 266 g/mol. The highest BCUT2D eigenvalue weighted by atomic mass is 16.6. The maximum Gasteiger partial charge on any atom is 0.415 e. The van der Waals surface area contributed by atoms with E-state index in [1.54, 1.807) is 4.90 Å². The summed E-state index contributed by atoms with van der Waals surface area (Å²) in [5.74, 6) is 0.588. The van der Waals surface area contributed by atoms with Crippen LogP contribution in [-0.4, -0.2) is 29.7 Å². The van der Waals surface area contributed by atoms with Crippen molar-refractivity contribution < 1.29 is 14.3 Å². The summed E-state index contributed by atoms with van der Waals surface area (Å²) >= 11 is 0. The van der Waals surface area contributed by atoms with Crippen molar-refractivity contribution in [2.45, 2.75) is 52.2 Å². The maximum atomic E-state index is 12.0. The van der Waals surface area contributed by atoms with Crippen LogP contribution in [0.5, 0.6) is 5.75 Å². The number of hydrogen-bond donors (Lipinski definition) is 0. The van der Waals surface area contributed by atoms with Crippen LogP contribution in [-0.2, 0) is 11.3 Å². The largest absolute Gasteiger partial charge is 0.415 e. The normalized spacial score (nSPS) is 15.9. The minimum atomic E-state index is -0.242. The Labute approximate surface area is 127 Å². The number of amides is 1. The number of nitrogens with zero attached hydrogens (tertiary/aromatic N) is 1. The van der Waals surface area contributed by atoms with Gasteiger partial charge in [-0.05, 0) is 57.7 Å². The molecule has 1 aliphatic rings. The monoisotopic (exact) mass is 291 g/mol. The summed E-state index contributed by atoms with van der Waals surface area (Å²) in [5, 5.41) is 0. The SMILES string of the molecule is CC(C)(C)OCc1ccc(OC(=O)N2CCCCC2)cc1. The predicted octanol–water partition coefficient (Wildman–Crippen LogP) is 3.99. The van der Waals surface area contributed by atoms with Gasteiger partial charge in [0.25, 0.3) is 0 Å². The first-order valence-electron chi connectivity index (χ1n) is 7.64. The van der Waals surface area contributed by atoms with E-state index < -0.39 is 0 Å². The summed E-state index contributed by atoms with van der Waals surface area (Å²) in [6.07, 6.45) is 3.09. The number of benzene rings is 1. The molecule has 116 valence electrons. The van der Waals surface area contributed by atoms with E-state index in [1.165, 1.54) is 6.42 Å². The molecule has 1 saturated heterocycles. The van der Waals surface area contributed by atoms with E-state index in [0.29, 0.717) is 12.4 Å². The van der Waals surface area contributed by atoms with E-state index >= 15 is 0 Å². The number of carbonyl (C=O) groups is 1. The molecule has 0 atom stereocenters. The third-order valence-electron chi connectivity index (χ3n) is 3.41. The van der Waals surface area contributed by atoms with E-state index in [9.17, 15) is 4.79 Å². The fourth-order valence-corrected chi connectivity index (χ4v) is 2.20. The van der Waals surface area contributed by atoms with Crippen molar-refractivity contribution in [3.63, 3.8) is 0 Å². The Morgan fingerprint density at radius 1 is 1.10 bits per heavy atom. The van der Waals surface area contributed by atoms with Gasteiger partial charge in [0.15, 0.2) is 0 Å². The van der Waals surface area contributed by atoms with Crippen LogP contribution in [0.25, 0.3) is 0 Å². The zero-order valence-electron chi connectivity index (χ0n) is 13.2. The Morgan fingerprint density at radius 2 is 1.71 bits per heavy atom. The maximum absolute atomic E-state index is 12.0. The predicted molar refractivity (Wildman–Crippen MR) is 82.4 cm³/mol. The van der Waals surface area contributed by atoms with Crippen LogP contribution in [0, 0.1) is 0 Å². The summed E-state index contributed by atoms with van der Waals surface area (Å²) in [4.78, 5) is 13.8. The lowest BCUT2D eigenvalue weighted by Crippen LogP contribution is -2.37. The zero-order valence-corrected chi connectivity index (χ0v) is 13.2. The van der Waals surface area contributed by atoms with Crippen LogP contribution >= 0.6 is 0 Å². The molecule has 0 unspecified atom stereocenters. The van der Waals surface area contributed by atoms with Gasteiger partial charge in [-0.1, -0.05) is 12.1 Å². The van der Waals surface area contributed by atoms with Gasteiger partial charge in [0, 0.05) is 13.1 Å². The molecule has 0 aromatic heterocycles. The van der Waals surface area contributed by atoms with Crippen LogP contribution in [0.3, 0.4) is 0 Å². The van der Waals surface area contributed by atoms with Crippen molar-refractivity contribution in [3.05, 3.63) is 29.8 Å². The topological polar surface area (TPSA) is 38.8 Å². The smallest absolute Gasteiger partial charge is 0.410 e. The highest BCUT2D eigenvalue weighted by molar-refractivity contribution is 5.70. The zero-order chi connectivity index (χ0) is 15.3. The Kier molecular flexibility index (Phi) is 5.23. The first kappa shape index (κ1) is 15.8. The van der Waals surface area contributed by atoms with Gasteiger partial charge in [0.2, 0.25) is 0 Å². The van der Waals surface area contributed by atoms with Gasteiger partial charge in [-0.25, -0.2) is 4.79 Å². The summed E-state index contributed by atoms with van der Waals surface area (Å²) < 4.78 is 11.1. The second kappa shape index (κ2) is 6.94. The summed E-state index contributed by atoms with van der Waals surface area (Å²) in [7, 11) is 0. The molecule has 21 heavy (non-hydrogen) atoms. The molecule has 0 spiro atoms. The Hall–Kier alpha value is -1.55. The molecule has 0 aliphatic carbocycles. The quantitative estimate of drug-likeness (QED) is 0.845. The standard InChI is InChI=1S/C17H25NO3/c1-17(2,3)20-13-14-7-9-15(10-8-14)21-16(19)18-11-5-4-6-12-18/h7-10H,4-6,11-13H2,1-3H3. The number of piperidine rings is 1. The van der Waals surface area contributed by atoms with Gasteiger partial charge >= 0.3 is 6.09 Å². The number of rotatable bonds is 3. The second-order valence-corrected chi connectivity index (χ2v) is 6.46. The molecule has 0 saturated carbocycles. The first-order valence-corrected chi connectivity index (χ1v) is 7.64. The van der Waals surface area contributed by atoms with Crippen molar-refractivity contribution in [2.24, 2.45) is 0 Å². The highest BCUT2D eigenvalue weighted by Gasteiger charge is 2.18. The van der Waals surface area contributed by atoms with Crippen molar-refractivity contribution in [1.29, 1.82) is 0 Å². The average molecular weight is 291 g/mol. The fourth-order valence-electron chi connectivity index (χ4n) is 2.20. The van der Waals surface area contributed by atoms with E-state index in [-0.39, 0.29) is 11.7 Å². The van der Waals surface area contributed by atoms with Gasteiger partial charge in [-0.15, -0.1) is 0 Å². The van der Waals surface area contributed by atoms with Crippen LogP contribution in [0.15, 0.2) is 24.3 Å². The van der Waals surface area contributed by atoms with Gasteiger partial charge in [-0.3, -0.25) is 0 Å². The lowest BCUT2D eigenvalue weighted by atomic mass is 10.1. The number of hydrogen-bond acceptors (Lipinski definition) is 3. The molecule has 1 amide bonds. The van der Waals surface area contributed by atoms with E-state index in [1.807, 2.05) is 45.0 Å². The molecule has 1 aromatic carbocycles. The lowest BCUT2D eigenvalue weighted by molar-refractivity contribution is -0.0149. The minimum Gasteiger partial charge on any atom is -0.410 e. The molecule has 1 aromatic rings. The van der Waals surface area contributed by atoms with Gasteiger partial charge in [-0.2, -0.15) is 0 Å². The van der Waals surface area contributed by atoms with Crippen molar-refractivity contribution in [3.8, 4) is 5.75 Å². The Balaban J connectivity index is 1.85. The molecular formula is C17H25NO3. The van der Waals surface area contributed by atoms with E-state index in [4.69, 9.17) is 9.47 Å². The Bertz CT molecular complexity index is 456. The second-order valence-electron chi connectivity index (χ2n) is 6.46. The lowest BCUT2D eigenvalue weighted by Gasteiger charge is -2.25. The van der Waals surface area contributed by atoms with Crippen LogP contribution in [0.1, 0.15) is 45.6 Å². The summed E-state index contributed by atoms with van der Waals surface area (Å²) in [5.41, 5.74) is 0.919. The van der Waals surface area contributed by atoms with Gasteiger partial charge in [0.05, 0.1) is 12.2 Å². The van der Waals surface area contributed by atoms with E-state index in [2.05, 4.69) is 0 Å².